The third kappa shape index (κ3) is 3.65. The Morgan fingerprint density at radius 2 is 2.20 bits per heavy atom. The fourth-order valence-electron chi connectivity index (χ4n) is 2.01. The third-order valence-corrected chi connectivity index (χ3v) is 2.88. The highest BCUT2D eigenvalue weighted by atomic mass is 16.5. The number of benzene rings is 1. The van der Waals surface area contributed by atoms with Crippen LogP contribution in [0, 0.1) is 0 Å². The molecule has 0 fully saturated rings. The maximum Gasteiger partial charge on any atom is 0.244 e. The molecule has 0 saturated heterocycles. The Morgan fingerprint density at radius 1 is 1.40 bits per heavy atom. The summed E-state index contributed by atoms with van der Waals surface area (Å²) in [6.07, 6.45) is 5.06. The number of nitrogens with zero attached hydrogens (tertiary/aromatic N) is 1. The van der Waals surface area contributed by atoms with Crippen molar-refractivity contribution in [1.29, 1.82) is 0 Å². The molecule has 1 amide bonds. The Kier molecular flexibility index (Phi) is 4.85. The molecule has 1 aromatic heterocycles. The zero-order valence-electron chi connectivity index (χ0n) is 11.7. The van der Waals surface area contributed by atoms with E-state index < -0.39 is 0 Å². The number of carbonyl (C=O) groups is 1. The van der Waals surface area contributed by atoms with Crippen molar-refractivity contribution in [2.75, 3.05) is 13.7 Å². The number of nitrogens with one attached hydrogen (secondary N) is 1. The first kappa shape index (κ1) is 14.2. The van der Waals surface area contributed by atoms with Crippen LogP contribution in [-0.4, -0.2) is 30.6 Å². The quantitative estimate of drug-likeness (QED) is 0.849. The van der Waals surface area contributed by atoms with E-state index in [-0.39, 0.29) is 11.9 Å². The Labute approximate surface area is 118 Å². The summed E-state index contributed by atoms with van der Waals surface area (Å²) in [4.78, 5) is 16.1. The van der Waals surface area contributed by atoms with Crippen molar-refractivity contribution in [2.45, 2.75) is 13.0 Å². The van der Waals surface area contributed by atoms with E-state index in [1.807, 2.05) is 37.3 Å². The zero-order chi connectivity index (χ0) is 14.4. The molecule has 0 bridgehead atoms. The molecule has 0 aliphatic rings. The molecule has 1 heterocycles. The Balaban J connectivity index is 2.12. The van der Waals surface area contributed by atoms with Crippen molar-refractivity contribution >= 4 is 22.9 Å². The average Bonchev–Trinajstić information content (AvgIpc) is 2.45. The maximum atomic E-state index is 11.8. The number of carbonyl (C=O) groups excluding carboxylic acids is 1. The van der Waals surface area contributed by atoms with Crippen LogP contribution in [0.1, 0.15) is 12.5 Å². The van der Waals surface area contributed by atoms with E-state index in [1.165, 1.54) is 6.08 Å². The van der Waals surface area contributed by atoms with Gasteiger partial charge in [0, 0.05) is 36.4 Å². The SMILES string of the molecule is COCC(C)NC(=O)/C=C/c1cccc2cccnc12. The molecule has 0 radical (unpaired) electrons. The van der Waals surface area contributed by atoms with Crippen LogP contribution in [0.15, 0.2) is 42.6 Å². The summed E-state index contributed by atoms with van der Waals surface area (Å²) in [6, 6.07) is 9.78. The van der Waals surface area contributed by atoms with Crippen molar-refractivity contribution in [3.05, 3.63) is 48.2 Å². The number of amides is 1. The van der Waals surface area contributed by atoms with Crippen LogP contribution >= 0.6 is 0 Å². The number of methoxy groups -OCH3 is 1. The van der Waals surface area contributed by atoms with E-state index >= 15 is 0 Å². The maximum absolute atomic E-state index is 11.8. The number of para-hydroxylation sites is 1. The zero-order valence-corrected chi connectivity index (χ0v) is 11.7. The molecule has 0 aliphatic carbocycles. The molecule has 104 valence electrons. The molecule has 0 saturated carbocycles. The van der Waals surface area contributed by atoms with Gasteiger partial charge in [-0.1, -0.05) is 24.3 Å². The lowest BCUT2D eigenvalue weighted by atomic mass is 10.1. The average molecular weight is 270 g/mol. The van der Waals surface area contributed by atoms with Crippen LogP contribution in [0.25, 0.3) is 17.0 Å². The predicted octanol–water partition coefficient (Wildman–Crippen LogP) is 2.40. The molecule has 4 heteroatoms. The summed E-state index contributed by atoms with van der Waals surface area (Å²) in [6.45, 7) is 2.39. The van der Waals surface area contributed by atoms with E-state index in [0.29, 0.717) is 6.61 Å². The number of hydrogen-bond acceptors (Lipinski definition) is 3. The first-order valence-electron chi connectivity index (χ1n) is 6.52. The van der Waals surface area contributed by atoms with E-state index in [4.69, 9.17) is 4.74 Å². The molecule has 1 N–H and O–H groups in total. The van der Waals surface area contributed by atoms with E-state index in [9.17, 15) is 4.79 Å². The number of hydrogen-bond donors (Lipinski definition) is 1. The Morgan fingerprint density at radius 3 is 3.00 bits per heavy atom. The second-order valence-corrected chi connectivity index (χ2v) is 4.62. The highest BCUT2D eigenvalue weighted by Gasteiger charge is 2.04. The molecule has 20 heavy (non-hydrogen) atoms. The summed E-state index contributed by atoms with van der Waals surface area (Å²) in [5, 5.41) is 3.89. The number of aromatic nitrogens is 1. The summed E-state index contributed by atoms with van der Waals surface area (Å²) < 4.78 is 4.98. The fourth-order valence-corrected chi connectivity index (χ4v) is 2.01. The van der Waals surface area contributed by atoms with E-state index in [2.05, 4.69) is 10.3 Å². The molecule has 2 aromatic rings. The minimum atomic E-state index is -0.137. The second kappa shape index (κ2) is 6.82. The monoisotopic (exact) mass is 270 g/mol. The minimum absolute atomic E-state index is 0.0113. The number of fused-ring (bicyclic) bond motifs is 1. The van der Waals surface area contributed by atoms with E-state index in [1.54, 1.807) is 19.4 Å². The van der Waals surface area contributed by atoms with Gasteiger partial charge in [0.2, 0.25) is 5.91 Å². The van der Waals surface area contributed by atoms with Crippen molar-refractivity contribution in [3.8, 4) is 0 Å². The summed E-state index contributed by atoms with van der Waals surface area (Å²) in [5.74, 6) is -0.137. The van der Waals surface area contributed by atoms with Gasteiger partial charge < -0.3 is 10.1 Å². The van der Waals surface area contributed by atoms with Gasteiger partial charge in [-0.15, -0.1) is 0 Å². The number of ether oxygens (including phenoxy) is 1. The normalized spacial score (nSPS) is 12.7. The predicted molar refractivity (Wildman–Crippen MR) is 80.3 cm³/mol. The number of pyridine rings is 1. The Hall–Kier alpha value is -2.20. The first-order chi connectivity index (χ1) is 9.70. The standard InChI is InChI=1S/C16H18N2O2/c1-12(11-20-2)18-15(19)9-8-14-6-3-5-13-7-4-10-17-16(13)14/h3-10,12H,11H2,1-2H3,(H,18,19)/b9-8+. The lowest BCUT2D eigenvalue weighted by Crippen LogP contribution is -2.34. The van der Waals surface area contributed by atoms with Gasteiger partial charge in [0.15, 0.2) is 0 Å². The van der Waals surface area contributed by atoms with Gasteiger partial charge in [0.1, 0.15) is 0 Å². The van der Waals surface area contributed by atoms with Crippen LogP contribution in [-0.2, 0) is 9.53 Å². The lowest BCUT2D eigenvalue weighted by Gasteiger charge is -2.10. The van der Waals surface area contributed by atoms with Gasteiger partial charge in [0.05, 0.1) is 12.1 Å². The summed E-state index contributed by atoms with van der Waals surface area (Å²) in [7, 11) is 1.61. The summed E-state index contributed by atoms with van der Waals surface area (Å²) >= 11 is 0. The van der Waals surface area contributed by atoms with Crippen LogP contribution < -0.4 is 5.32 Å². The van der Waals surface area contributed by atoms with Gasteiger partial charge >= 0.3 is 0 Å². The lowest BCUT2D eigenvalue weighted by molar-refractivity contribution is -0.117. The van der Waals surface area contributed by atoms with Crippen LogP contribution in [0.3, 0.4) is 0 Å². The van der Waals surface area contributed by atoms with Crippen molar-refractivity contribution < 1.29 is 9.53 Å². The highest BCUT2D eigenvalue weighted by Crippen LogP contribution is 2.16. The van der Waals surface area contributed by atoms with Crippen molar-refractivity contribution in [3.63, 3.8) is 0 Å². The minimum Gasteiger partial charge on any atom is -0.383 e. The first-order valence-corrected chi connectivity index (χ1v) is 6.52. The third-order valence-electron chi connectivity index (χ3n) is 2.88. The topological polar surface area (TPSA) is 51.2 Å². The summed E-state index contributed by atoms with van der Waals surface area (Å²) in [5.41, 5.74) is 1.82. The molecular weight excluding hydrogens is 252 g/mol. The van der Waals surface area contributed by atoms with Crippen molar-refractivity contribution in [2.24, 2.45) is 0 Å². The molecule has 1 aromatic carbocycles. The van der Waals surface area contributed by atoms with Gasteiger partial charge in [-0.25, -0.2) is 0 Å². The highest BCUT2D eigenvalue weighted by molar-refractivity contribution is 5.95. The van der Waals surface area contributed by atoms with Crippen molar-refractivity contribution in [1.82, 2.24) is 10.3 Å². The largest absolute Gasteiger partial charge is 0.383 e. The Bertz CT molecular complexity index is 617. The fraction of sp³-hybridized carbons (Fsp3) is 0.250. The van der Waals surface area contributed by atoms with Gasteiger partial charge in [-0.3, -0.25) is 9.78 Å². The van der Waals surface area contributed by atoms with Gasteiger partial charge in [0.25, 0.3) is 0 Å². The van der Waals surface area contributed by atoms with Crippen LogP contribution in [0.2, 0.25) is 0 Å². The molecule has 0 aliphatic heterocycles. The molecule has 4 nitrogen and oxygen atoms in total. The van der Waals surface area contributed by atoms with Crippen LogP contribution in [0.5, 0.6) is 0 Å². The molecule has 0 spiro atoms. The van der Waals surface area contributed by atoms with Gasteiger partial charge in [-0.05, 0) is 19.1 Å². The van der Waals surface area contributed by atoms with Gasteiger partial charge in [-0.2, -0.15) is 0 Å². The molecule has 1 atom stereocenters. The number of rotatable bonds is 5. The van der Waals surface area contributed by atoms with E-state index in [0.717, 1.165) is 16.5 Å². The molecule has 2 rings (SSSR count). The molecule has 1 unspecified atom stereocenters. The molecular formula is C16H18N2O2. The smallest absolute Gasteiger partial charge is 0.244 e. The van der Waals surface area contributed by atoms with Crippen LogP contribution in [0.4, 0.5) is 0 Å². The second-order valence-electron chi connectivity index (χ2n) is 4.62.